The lowest BCUT2D eigenvalue weighted by atomic mass is 10.1. The van der Waals surface area contributed by atoms with Gasteiger partial charge >= 0.3 is 12.0 Å². The molecule has 0 aromatic carbocycles. The molecule has 0 aliphatic carbocycles. The summed E-state index contributed by atoms with van der Waals surface area (Å²) >= 11 is 0. The van der Waals surface area contributed by atoms with Crippen molar-refractivity contribution in [3.8, 4) is 6.07 Å². The van der Waals surface area contributed by atoms with E-state index in [0.29, 0.717) is 6.54 Å². The summed E-state index contributed by atoms with van der Waals surface area (Å²) in [6.45, 7) is 6.15. The lowest BCUT2D eigenvalue weighted by molar-refractivity contribution is -0.132. The fraction of sp³-hybridized carbons (Fsp3) is 0.667. The molecule has 0 aliphatic heterocycles. The monoisotopic (exact) mass is 210 g/mol. The van der Waals surface area contributed by atoms with Crippen molar-refractivity contribution < 1.29 is 9.90 Å². The van der Waals surface area contributed by atoms with Crippen molar-refractivity contribution in [1.29, 1.82) is 0 Å². The standard InChI is InChI=1S/C12H19NO2/c1-3-4-5-6-7-8-9-13-10-11(2)12(14)15/h2-9H2,1H3/p+1. The second-order valence-corrected chi connectivity index (χ2v) is 3.54. The first-order valence-electron chi connectivity index (χ1n) is 5.53. The molecule has 0 saturated heterocycles. The van der Waals surface area contributed by atoms with Gasteiger partial charge in [0.2, 0.25) is 0 Å². The topological polar surface area (TPSA) is 41.7 Å². The van der Waals surface area contributed by atoms with Crippen LogP contribution >= 0.6 is 0 Å². The minimum absolute atomic E-state index is 0.0685. The van der Waals surface area contributed by atoms with Gasteiger partial charge in [0, 0.05) is 6.42 Å². The maximum atomic E-state index is 10.3. The summed E-state index contributed by atoms with van der Waals surface area (Å²) in [6, 6.07) is 2.42. The summed E-state index contributed by atoms with van der Waals surface area (Å²) in [4.78, 5) is 14.2. The number of rotatable bonds is 7. The quantitative estimate of drug-likeness (QED) is 0.398. The summed E-state index contributed by atoms with van der Waals surface area (Å²) in [5.41, 5.74) is -0.0685. The van der Waals surface area contributed by atoms with Crippen LogP contribution in [0.5, 0.6) is 0 Å². The molecule has 0 rings (SSSR count). The lowest BCUT2D eigenvalue weighted by Gasteiger charge is -1.93. The van der Waals surface area contributed by atoms with Gasteiger partial charge in [-0.05, 0) is 6.42 Å². The highest BCUT2D eigenvalue weighted by Gasteiger charge is 2.05. The SMILES string of the molecule is C=C(C#[N+]CCCCCCCC)C(=O)O. The molecule has 3 heteroatoms. The van der Waals surface area contributed by atoms with Crippen LogP contribution in [0, 0.1) is 6.07 Å². The van der Waals surface area contributed by atoms with Crippen molar-refractivity contribution in [3.05, 3.63) is 17.0 Å². The zero-order chi connectivity index (χ0) is 11.5. The normalized spacial score (nSPS) is 9.13. The van der Waals surface area contributed by atoms with E-state index in [1.54, 1.807) is 0 Å². The number of hydrogen-bond donors (Lipinski definition) is 1. The van der Waals surface area contributed by atoms with Crippen molar-refractivity contribution in [2.45, 2.75) is 45.4 Å². The molecule has 0 aromatic rings. The molecule has 0 amide bonds. The zero-order valence-electron chi connectivity index (χ0n) is 9.46. The molecule has 1 N–H and O–H groups in total. The molecule has 0 spiro atoms. The van der Waals surface area contributed by atoms with E-state index in [0.717, 1.165) is 12.8 Å². The Hall–Kier alpha value is -1.30. The van der Waals surface area contributed by atoms with Gasteiger partial charge in [0.25, 0.3) is 6.54 Å². The highest BCUT2D eigenvalue weighted by atomic mass is 16.4. The van der Waals surface area contributed by atoms with Gasteiger partial charge in [-0.25, -0.2) is 4.79 Å². The molecule has 0 aromatic heterocycles. The van der Waals surface area contributed by atoms with Crippen molar-refractivity contribution in [2.75, 3.05) is 6.54 Å². The first-order chi connectivity index (χ1) is 7.18. The molecular formula is C12H20NO2+. The molecule has 0 aliphatic rings. The highest BCUT2D eigenvalue weighted by molar-refractivity contribution is 5.90. The third-order valence-electron chi connectivity index (χ3n) is 2.10. The van der Waals surface area contributed by atoms with Crippen LogP contribution < -0.4 is 0 Å². The second kappa shape index (κ2) is 9.26. The van der Waals surface area contributed by atoms with Crippen LogP contribution in [0.2, 0.25) is 0 Å². The number of carboxylic acid groups (broad SMARTS) is 1. The predicted molar refractivity (Wildman–Crippen MR) is 62.3 cm³/mol. The van der Waals surface area contributed by atoms with Crippen LogP contribution in [-0.2, 0) is 4.79 Å². The van der Waals surface area contributed by atoms with E-state index in [-0.39, 0.29) is 5.57 Å². The first kappa shape index (κ1) is 13.7. The Morgan fingerprint density at radius 1 is 1.27 bits per heavy atom. The number of nitrogens with zero attached hydrogens (tertiary/aromatic N) is 1. The Balaban J connectivity index is 3.38. The molecule has 84 valence electrons. The maximum Gasteiger partial charge on any atom is 0.350 e. The van der Waals surface area contributed by atoms with Gasteiger partial charge in [0.15, 0.2) is 5.57 Å². The smallest absolute Gasteiger partial charge is 0.350 e. The molecule has 0 unspecified atom stereocenters. The average Bonchev–Trinajstić information content (AvgIpc) is 2.21. The van der Waals surface area contributed by atoms with E-state index >= 15 is 0 Å². The summed E-state index contributed by atoms with van der Waals surface area (Å²) < 4.78 is 0. The van der Waals surface area contributed by atoms with Crippen LogP contribution in [0.25, 0.3) is 4.85 Å². The van der Waals surface area contributed by atoms with E-state index in [4.69, 9.17) is 5.11 Å². The number of unbranched alkanes of at least 4 members (excludes halogenated alkanes) is 5. The molecule has 0 atom stereocenters. The Bertz CT molecular complexity index is 261. The first-order valence-corrected chi connectivity index (χ1v) is 5.53. The highest BCUT2D eigenvalue weighted by Crippen LogP contribution is 2.04. The molecule has 0 bridgehead atoms. The maximum absolute atomic E-state index is 10.3. The minimum Gasteiger partial charge on any atom is -0.477 e. The third-order valence-corrected chi connectivity index (χ3v) is 2.10. The van der Waals surface area contributed by atoms with Gasteiger partial charge in [-0.1, -0.05) is 44.0 Å². The molecule has 3 nitrogen and oxygen atoms in total. The van der Waals surface area contributed by atoms with E-state index < -0.39 is 5.97 Å². The van der Waals surface area contributed by atoms with Gasteiger partial charge < -0.3 is 5.11 Å². The fourth-order valence-electron chi connectivity index (χ4n) is 1.17. The van der Waals surface area contributed by atoms with Gasteiger partial charge in [0.1, 0.15) is 0 Å². The second-order valence-electron chi connectivity index (χ2n) is 3.54. The van der Waals surface area contributed by atoms with Gasteiger partial charge in [-0.3, -0.25) is 0 Å². The summed E-state index contributed by atoms with van der Waals surface area (Å²) in [6.07, 6.45) is 7.24. The number of carboxylic acids is 1. The van der Waals surface area contributed by atoms with Crippen molar-refractivity contribution in [3.63, 3.8) is 0 Å². The lowest BCUT2D eigenvalue weighted by Crippen LogP contribution is -1.95. The van der Waals surface area contributed by atoms with Crippen molar-refractivity contribution >= 4 is 5.97 Å². The Kier molecular flexibility index (Phi) is 8.46. The van der Waals surface area contributed by atoms with Crippen LogP contribution in [0.4, 0.5) is 0 Å². The van der Waals surface area contributed by atoms with E-state index in [2.05, 4.69) is 24.4 Å². The van der Waals surface area contributed by atoms with E-state index in [1.807, 2.05) is 0 Å². The summed E-state index contributed by atoms with van der Waals surface area (Å²) in [7, 11) is 0. The molecular weight excluding hydrogens is 190 g/mol. The van der Waals surface area contributed by atoms with Gasteiger partial charge in [0.05, 0.1) is 0 Å². The van der Waals surface area contributed by atoms with E-state index in [9.17, 15) is 4.79 Å². The average molecular weight is 210 g/mol. The zero-order valence-corrected chi connectivity index (χ0v) is 9.46. The summed E-state index contributed by atoms with van der Waals surface area (Å²) in [5.74, 6) is -1.05. The molecule has 0 saturated carbocycles. The number of aliphatic carboxylic acids is 1. The van der Waals surface area contributed by atoms with Gasteiger partial charge in [-0.15, -0.1) is 0 Å². The van der Waals surface area contributed by atoms with Crippen molar-refractivity contribution in [1.82, 2.24) is 0 Å². The Morgan fingerprint density at radius 3 is 2.47 bits per heavy atom. The van der Waals surface area contributed by atoms with Crippen molar-refractivity contribution in [2.24, 2.45) is 0 Å². The molecule has 0 radical (unpaired) electrons. The third kappa shape index (κ3) is 9.01. The summed E-state index contributed by atoms with van der Waals surface area (Å²) in [5, 5.41) is 8.46. The Morgan fingerprint density at radius 2 is 1.87 bits per heavy atom. The van der Waals surface area contributed by atoms with Crippen LogP contribution in [0.3, 0.4) is 0 Å². The fourth-order valence-corrected chi connectivity index (χ4v) is 1.17. The van der Waals surface area contributed by atoms with Crippen LogP contribution in [0.1, 0.15) is 45.4 Å². The van der Waals surface area contributed by atoms with E-state index in [1.165, 1.54) is 25.7 Å². The molecule has 15 heavy (non-hydrogen) atoms. The van der Waals surface area contributed by atoms with Crippen LogP contribution in [-0.4, -0.2) is 17.6 Å². The molecule has 0 heterocycles. The largest absolute Gasteiger partial charge is 0.477 e. The number of carbonyl (C=O) groups is 1. The number of hydrogen-bond acceptors (Lipinski definition) is 1. The van der Waals surface area contributed by atoms with Gasteiger partial charge in [-0.2, -0.15) is 0 Å². The predicted octanol–water partition coefficient (Wildman–Crippen LogP) is 3.32. The van der Waals surface area contributed by atoms with Crippen LogP contribution in [0.15, 0.2) is 12.2 Å². The Labute approximate surface area is 91.6 Å². The minimum atomic E-state index is -1.05. The molecule has 0 fully saturated rings.